The highest BCUT2D eigenvalue weighted by Gasteiger charge is 2.11. The van der Waals surface area contributed by atoms with Crippen molar-refractivity contribution in [1.29, 1.82) is 0 Å². The van der Waals surface area contributed by atoms with Crippen LogP contribution in [-0.4, -0.2) is 46.0 Å². The molecule has 29 heavy (non-hydrogen) atoms. The number of oxime groups is 1. The molecule has 0 spiro atoms. The largest absolute Gasteiger partial charge is 0.493 e. The Hall–Kier alpha value is -3.26. The third kappa shape index (κ3) is 5.86. The Morgan fingerprint density at radius 1 is 1.14 bits per heavy atom. The minimum absolute atomic E-state index is 0.320. The third-order valence-corrected chi connectivity index (χ3v) is 4.14. The van der Waals surface area contributed by atoms with Gasteiger partial charge in [-0.1, -0.05) is 22.8 Å². The predicted octanol–water partition coefficient (Wildman–Crippen LogP) is 3.44. The number of hydrogen-bond donors (Lipinski definition) is 1. The van der Waals surface area contributed by atoms with Crippen molar-refractivity contribution >= 4 is 35.4 Å². The Balaban J connectivity index is 1.97. The molecule has 0 aliphatic heterocycles. The lowest BCUT2D eigenvalue weighted by molar-refractivity contribution is -0.120. The van der Waals surface area contributed by atoms with E-state index >= 15 is 0 Å². The van der Waals surface area contributed by atoms with Gasteiger partial charge in [-0.05, 0) is 36.8 Å². The zero-order valence-corrected chi connectivity index (χ0v) is 17.2. The van der Waals surface area contributed by atoms with Crippen LogP contribution < -0.4 is 14.8 Å². The van der Waals surface area contributed by atoms with Gasteiger partial charge in [0.1, 0.15) is 0 Å². The van der Waals surface area contributed by atoms with Crippen molar-refractivity contribution in [2.75, 3.05) is 33.3 Å². The number of benzene rings is 2. The normalized spacial score (nSPS) is 10.5. The molecule has 8 nitrogen and oxygen atoms in total. The molecule has 154 valence electrons. The summed E-state index contributed by atoms with van der Waals surface area (Å²) in [5.41, 5.74) is 2.21. The van der Waals surface area contributed by atoms with Crippen LogP contribution in [0.1, 0.15) is 21.5 Å². The molecule has 0 unspecified atom stereocenters. The Morgan fingerprint density at radius 3 is 2.55 bits per heavy atom. The number of anilines is 1. The van der Waals surface area contributed by atoms with Crippen LogP contribution in [0.3, 0.4) is 0 Å². The number of halogens is 1. The zero-order valence-electron chi connectivity index (χ0n) is 16.4. The maximum Gasteiger partial charge on any atom is 0.337 e. The van der Waals surface area contributed by atoms with Crippen LogP contribution in [0.25, 0.3) is 0 Å². The number of aryl methyl sites for hydroxylation is 1. The summed E-state index contributed by atoms with van der Waals surface area (Å²) in [6, 6.07) is 8.15. The molecule has 9 heteroatoms. The van der Waals surface area contributed by atoms with Gasteiger partial charge < -0.3 is 24.4 Å². The van der Waals surface area contributed by atoms with E-state index in [-0.39, 0.29) is 6.61 Å². The van der Waals surface area contributed by atoms with Crippen LogP contribution in [0.15, 0.2) is 35.5 Å². The van der Waals surface area contributed by atoms with Gasteiger partial charge in [0.2, 0.25) is 0 Å². The molecule has 0 bridgehead atoms. The summed E-state index contributed by atoms with van der Waals surface area (Å²) >= 11 is 6.12. The highest BCUT2D eigenvalue weighted by Crippen LogP contribution is 2.35. The lowest BCUT2D eigenvalue weighted by atomic mass is 10.1. The van der Waals surface area contributed by atoms with Gasteiger partial charge in [0.15, 0.2) is 18.1 Å². The van der Waals surface area contributed by atoms with Gasteiger partial charge in [0.25, 0.3) is 5.91 Å². The molecule has 0 fully saturated rings. The summed E-state index contributed by atoms with van der Waals surface area (Å²) in [5, 5.41) is 6.78. The van der Waals surface area contributed by atoms with Crippen LogP contribution in [0.5, 0.6) is 11.5 Å². The monoisotopic (exact) mass is 420 g/mol. The smallest absolute Gasteiger partial charge is 0.337 e. The maximum atomic E-state index is 12.1. The second-order valence-corrected chi connectivity index (χ2v) is 6.22. The summed E-state index contributed by atoms with van der Waals surface area (Å²) in [7, 11) is 4.27. The van der Waals surface area contributed by atoms with Gasteiger partial charge in [-0.25, -0.2) is 4.79 Å². The molecule has 0 saturated carbocycles. The number of rotatable bonds is 8. The van der Waals surface area contributed by atoms with Crippen LogP contribution in [0, 0.1) is 6.92 Å². The average molecular weight is 421 g/mol. The second kappa shape index (κ2) is 10.3. The van der Waals surface area contributed by atoms with Crippen molar-refractivity contribution in [1.82, 2.24) is 0 Å². The first-order valence-electron chi connectivity index (χ1n) is 8.45. The number of esters is 1. The lowest BCUT2D eigenvalue weighted by Crippen LogP contribution is -2.18. The fourth-order valence-corrected chi connectivity index (χ4v) is 2.69. The third-order valence-electron chi connectivity index (χ3n) is 3.86. The fourth-order valence-electron chi connectivity index (χ4n) is 2.39. The van der Waals surface area contributed by atoms with E-state index in [0.717, 1.165) is 5.56 Å². The molecular weight excluding hydrogens is 400 g/mol. The molecule has 0 radical (unpaired) electrons. The zero-order chi connectivity index (χ0) is 21.4. The van der Waals surface area contributed by atoms with E-state index in [4.69, 9.17) is 25.9 Å². The molecule has 0 heterocycles. The number of methoxy groups -OCH3 is 3. The van der Waals surface area contributed by atoms with E-state index < -0.39 is 11.9 Å². The highest BCUT2D eigenvalue weighted by molar-refractivity contribution is 6.32. The van der Waals surface area contributed by atoms with E-state index in [0.29, 0.717) is 33.3 Å². The Labute approximate surface area is 173 Å². The summed E-state index contributed by atoms with van der Waals surface area (Å²) < 4.78 is 15.0. The number of amides is 1. The molecule has 1 amide bonds. The van der Waals surface area contributed by atoms with Crippen molar-refractivity contribution in [2.24, 2.45) is 5.16 Å². The first-order valence-corrected chi connectivity index (χ1v) is 8.83. The van der Waals surface area contributed by atoms with Crippen molar-refractivity contribution in [3.05, 3.63) is 52.0 Å². The molecule has 1 N–H and O–H groups in total. The van der Waals surface area contributed by atoms with Crippen LogP contribution >= 0.6 is 11.6 Å². The van der Waals surface area contributed by atoms with Gasteiger partial charge in [-0.2, -0.15) is 0 Å². The molecule has 0 aliphatic carbocycles. The SMILES string of the molecule is COC(=O)c1ccc(C)c(NC(=O)CO/N=C\c2cc(Cl)c(OC)c(OC)c2)c1. The van der Waals surface area contributed by atoms with Crippen molar-refractivity contribution in [2.45, 2.75) is 6.92 Å². The number of carbonyl (C=O) groups is 2. The average Bonchev–Trinajstić information content (AvgIpc) is 2.71. The Bertz CT molecular complexity index is 929. The number of hydrogen-bond acceptors (Lipinski definition) is 7. The van der Waals surface area contributed by atoms with Gasteiger partial charge in [0.05, 0.1) is 38.1 Å². The quantitative estimate of drug-likeness (QED) is 0.399. The van der Waals surface area contributed by atoms with Gasteiger partial charge in [-0.15, -0.1) is 0 Å². The molecule has 0 aliphatic rings. The van der Waals surface area contributed by atoms with Crippen LogP contribution in [-0.2, 0) is 14.4 Å². The van der Waals surface area contributed by atoms with E-state index in [2.05, 4.69) is 15.2 Å². The summed E-state index contributed by atoms with van der Waals surface area (Å²) in [4.78, 5) is 28.7. The van der Waals surface area contributed by atoms with E-state index in [1.807, 2.05) is 0 Å². The summed E-state index contributed by atoms with van der Waals surface area (Å²) in [6.45, 7) is 1.48. The minimum atomic E-state index is -0.491. The molecule has 2 aromatic carbocycles. The molecule has 2 aromatic rings. The molecule has 0 atom stereocenters. The Kier molecular flexibility index (Phi) is 7.85. The van der Waals surface area contributed by atoms with Gasteiger partial charge >= 0.3 is 5.97 Å². The van der Waals surface area contributed by atoms with E-state index in [1.165, 1.54) is 33.6 Å². The first-order chi connectivity index (χ1) is 13.9. The molecular formula is C20H21ClN2O6. The fraction of sp³-hybridized carbons (Fsp3) is 0.250. The summed E-state index contributed by atoms with van der Waals surface area (Å²) in [6.07, 6.45) is 1.39. The minimum Gasteiger partial charge on any atom is -0.493 e. The maximum absolute atomic E-state index is 12.1. The van der Waals surface area contributed by atoms with E-state index in [9.17, 15) is 9.59 Å². The molecule has 2 rings (SSSR count). The predicted molar refractivity (Wildman–Crippen MR) is 109 cm³/mol. The first kappa shape index (κ1) is 22.0. The second-order valence-electron chi connectivity index (χ2n) is 5.82. The Morgan fingerprint density at radius 2 is 1.90 bits per heavy atom. The number of nitrogens with zero attached hydrogens (tertiary/aromatic N) is 1. The standard InChI is InChI=1S/C20H21ClN2O6/c1-12-5-6-14(20(25)28-4)9-16(12)23-18(24)11-29-22-10-13-7-15(21)19(27-3)17(8-13)26-2/h5-10H,11H2,1-4H3,(H,23,24)/b22-10-. The van der Waals surface area contributed by atoms with Gasteiger partial charge in [-0.3, -0.25) is 4.79 Å². The highest BCUT2D eigenvalue weighted by atomic mass is 35.5. The number of nitrogens with one attached hydrogen (secondary N) is 1. The van der Waals surface area contributed by atoms with Crippen molar-refractivity contribution in [3.8, 4) is 11.5 Å². The van der Waals surface area contributed by atoms with E-state index in [1.54, 1.807) is 31.2 Å². The topological polar surface area (TPSA) is 95.5 Å². The van der Waals surface area contributed by atoms with Crippen LogP contribution in [0.2, 0.25) is 5.02 Å². The van der Waals surface area contributed by atoms with Crippen molar-refractivity contribution in [3.63, 3.8) is 0 Å². The van der Waals surface area contributed by atoms with Gasteiger partial charge in [0, 0.05) is 11.3 Å². The van der Waals surface area contributed by atoms with Crippen LogP contribution in [0.4, 0.5) is 5.69 Å². The number of ether oxygens (including phenoxy) is 3. The summed E-state index contributed by atoms with van der Waals surface area (Å²) in [5.74, 6) is -0.0659. The van der Waals surface area contributed by atoms with Crippen molar-refractivity contribution < 1.29 is 28.6 Å². The lowest BCUT2D eigenvalue weighted by Gasteiger charge is -2.10. The number of carbonyl (C=O) groups excluding carboxylic acids is 2. The molecule has 0 aromatic heterocycles. The molecule has 0 saturated heterocycles.